The van der Waals surface area contributed by atoms with Crippen LogP contribution in [0.15, 0.2) is 12.7 Å². The first-order valence-electron chi connectivity index (χ1n) is 5.65. The molecule has 0 rings (SSSR count). The van der Waals surface area contributed by atoms with Crippen molar-refractivity contribution in [3.63, 3.8) is 0 Å². The predicted molar refractivity (Wildman–Crippen MR) is 71.4 cm³/mol. The molecule has 21 heavy (non-hydrogen) atoms. The van der Waals surface area contributed by atoms with Gasteiger partial charge in [-0.2, -0.15) is 0 Å². The number of aliphatic hydroxyl groups is 6. The van der Waals surface area contributed by atoms with E-state index in [0.717, 1.165) is 0 Å². The summed E-state index contributed by atoms with van der Waals surface area (Å²) >= 11 is 0. The normalized spacial score (nSPS) is 16.7. The summed E-state index contributed by atoms with van der Waals surface area (Å²) in [6, 6.07) is 0. The lowest BCUT2D eigenvalue weighted by Gasteiger charge is -2.24. The Hall–Kier alpha value is -1.08. The molecule has 0 aliphatic heterocycles. The van der Waals surface area contributed by atoms with Crippen molar-refractivity contribution in [1.29, 1.82) is 0 Å². The van der Waals surface area contributed by atoms with Gasteiger partial charge in [-0.25, -0.2) is 8.42 Å². The molecular weight excluding hydrogens is 310 g/mol. The third kappa shape index (κ3) is 10.3. The summed E-state index contributed by atoms with van der Waals surface area (Å²) in [5, 5.41) is 52.2. The van der Waals surface area contributed by atoms with Gasteiger partial charge in [-0.1, -0.05) is 6.08 Å². The maximum Gasteiger partial charge on any atom is 0.238 e. The number of carbonyl (C=O) groups excluding carboxylic acids is 1. The van der Waals surface area contributed by atoms with Gasteiger partial charge in [0.05, 0.1) is 19.0 Å². The lowest BCUT2D eigenvalue weighted by atomic mass is 10.0. The molecule has 0 saturated carbocycles. The van der Waals surface area contributed by atoms with Crippen LogP contribution in [0.3, 0.4) is 0 Å². The Balaban J connectivity index is 0. The number of hydrogen-bond acceptors (Lipinski definition) is 9. The molecule has 0 aromatic carbocycles. The van der Waals surface area contributed by atoms with E-state index in [4.69, 9.17) is 30.6 Å². The van der Waals surface area contributed by atoms with Gasteiger partial charge in [-0.3, -0.25) is 9.52 Å². The smallest absolute Gasteiger partial charge is 0.238 e. The highest BCUT2D eigenvalue weighted by Crippen LogP contribution is 2.03. The minimum absolute atomic E-state index is 0.124. The Morgan fingerprint density at radius 2 is 1.38 bits per heavy atom. The van der Waals surface area contributed by atoms with Gasteiger partial charge in [0.15, 0.2) is 0 Å². The van der Waals surface area contributed by atoms with Gasteiger partial charge in [0.25, 0.3) is 0 Å². The molecule has 0 aliphatic carbocycles. The van der Waals surface area contributed by atoms with Crippen LogP contribution in [0.5, 0.6) is 0 Å². The lowest BCUT2D eigenvalue weighted by Crippen LogP contribution is -2.46. The summed E-state index contributed by atoms with van der Waals surface area (Å²) < 4.78 is 22.5. The molecule has 1 amide bonds. The van der Waals surface area contributed by atoms with Crippen molar-refractivity contribution in [2.45, 2.75) is 24.4 Å². The zero-order valence-corrected chi connectivity index (χ0v) is 11.9. The fraction of sp³-hybridized carbons (Fsp3) is 0.700. The van der Waals surface area contributed by atoms with E-state index in [2.05, 4.69) is 6.58 Å². The molecule has 0 saturated heterocycles. The van der Waals surface area contributed by atoms with Crippen LogP contribution in [0.25, 0.3) is 0 Å². The summed E-state index contributed by atoms with van der Waals surface area (Å²) in [7, 11) is -3.42. The molecule has 0 aliphatic rings. The largest absolute Gasteiger partial charge is 0.394 e. The quantitative estimate of drug-likeness (QED) is 0.162. The molecule has 0 radical (unpaired) electrons. The summed E-state index contributed by atoms with van der Waals surface area (Å²) in [6.45, 7) is 1.74. The van der Waals surface area contributed by atoms with Crippen LogP contribution in [-0.2, 0) is 14.8 Å². The van der Waals surface area contributed by atoms with Crippen molar-refractivity contribution < 1.29 is 43.9 Å². The fourth-order valence-electron chi connectivity index (χ4n) is 0.948. The summed E-state index contributed by atoms with van der Waals surface area (Å²) in [5.41, 5.74) is 0. The van der Waals surface area contributed by atoms with E-state index in [1.54, 1.807) is 4.72 Å². The van der Waals surface area contributed by atoms with E-state index in [0.29, 0.717) is 0 Å². The monoisotopic (exact) mass is 331 g/mol. The van der Waals surface area contributed by atoms with Crippen LogP contribution in [0, 0.1) is 0 Å². The Morgan fingerprint density at radius 1 is 1.00 bits per heavy atom. The van der Waals surface area contributed by atoms with Crippen LogP contribution in [0.4, 0.5) is 0 Å². The van der Waals surface area contributed by atoms with Crippen molar-refractivity contribution in [2.75, 3.05) is 19.0 Å². The highest BCUT2D eigenvalue weighted by atomic mass is 32.2. The standard InChI is InChI=1S/C6H14O6.C4H7NO3S/c7-1-3(9)5(11)6(12)4(10)2-8;1-2-3-9(7,8)5-4-6/h3-12H,1-2H2;2,4H,1,3H2,(H,5,6)/t3-,4+,5-,6-;/m1./s1. The average Bonchev–Trinajstić information content (AvgIpc) is 2.44. The van der Waals surface area contributed by atoms with E-state index < -0.39 is 47.7 Å². The third-order valence-corrected chi connectivity index (χ3v) is 3.21. The van der Waals surface area contributed by atoms with Crippen LogP contribution in [0.2, 0.25) is 0 Å². The molecular formula is C10H21NO9S. The first-order valence-corrected chi connectivity index (χ1v) is 7.30. The predicted octanol–water partition coefficient (Wildman–Crippen LogP) is -4.34. The Morgan fingerprint density at radius 3 is 1.62 bits per heavy atom. The molecule has 0 bridgehead atoms. The number of sulfonamides is 1. The maximum atomic E-state index is 10.4. The fourth-order valence-corrected chi connectivity index (χ4v) is 1.50. The van der Waals surface area contributed by atoms with E-state index in [1.165, 1.54) is 6.08 Å². The second-order valence-electron chi connectivity index (χ2n) is 3.79. The number of rotatable bonds is 9. The molecule has 0 fully saturated rings. The SMILES string of the molecule is C=CCS(=O)(=O)NC=O.OC[C@@H](O)[C@@H](O)[C@H](O)[C@@H](O)CO. The van der Waals surface area contributed by atoms with Gasteiger partial charge in [-0.05, 0) is 0 Å². The number of aliphatic hydroxyl groups excluding tert-OH is 6. The van der Waals surface area contributed by atoms with Gasteiger partial charge < -0.3 is 30.6 Å². The Labute approximate surface area is 122 Å². The molecule has 0 aromatic rings. The van der Waals surface area contributed by atoms with Crippen molar-refractivity contribution in [3.8, 4) is 0 Å². The molecule has 7 N–H and O–H groups in total. The maximum absolute atomic E-state index is 10.4. The molecule has 0 unspecified atom stereocenters. The second kappa shape index (κ2) is 11.6. The van der Waals surface area contributed by atoms with Crippen LogP contribution in [-0.4, -0.2) is 88.8 Å². The lowest BCUT2D eigenvalue weighted by molar-refractivity contribution is -0.123. The Bertz CT molecular complexity index is 356. The van der Waals surface area contributed by atoms with Crippen molar-refractivity contribution >= 4 is 16.4 Å². The summed E-state index contributed by atoms with van der Waals surface area (Å²) in [5.74, 6) is -0.230. The first kappa shape index (κ1) is 22.2. The second-order valence-corrected chi connectivity index (χ2v) is 5.59. The number of carbonyl (C=O) groups is 1. The minimum atomic E-state index is -3.42. The molecule has 0 spiro atoms. The molecule has 0 aromatic heterocycles. The third-order valence-electron chi connectivity index (χ3n) is 2.08. The van der Waals surface area contributed by atoms with Crippen molar-refractivity contribution in [1.82, 2.24) is 4.72 Å². The first-order chi connectivity index (χ1) is 9.66. The van der Waals surface area contributed by atoms with Gasteiger partial charge in [0.1, 0.15) is 24.4 Å². The number of amides is 1. The molecule has 0 heterocycles. The van der Waals surface area contributed by atoms with Gasteiger partial charge >= 0.3 is 0 Å². The van der Waals surface area contributed by atoms with Crippen LogP contribution in [0.1, 0.15) is 0 Å². The zero-order chi connectivity index (χ0) is 17.1. The summed E-state index contributed by atoms with van der Waals surface area (Å²) in [4.78, 5) is 9.57. The van der Waals surface area contributed by atoms with Gasteiger partial charge in [-0.15, -0.1) is 6.58 Å². The number of nitrogens with one attached hydrogen (secondary N) is 1. The summed E-state index contributed by atoms with van der Waals surface area (Å²) in [6.07, 6.45) is -5.07. The van der Waals surface area contributed by atoms with Gasteiger partial charge in [0.2, 0.25) is 16.4 Å². The number of hydrogen-bond donors (Lipinski definition) is 7. The minimum Gasteiger partial charge on any atom is -0.394 e. The highest BCUT2D eigenvalue weighted by molar-refractivity contribution is 7.90. The molecule has 11 heteroatoms. The van der Waals surface area contributed by atoms with E-state index in [-0.39, 0.29) is 12.2 Å². The topological polar surface area (TPSA) is 185 Å². The van der Waals surface area contributed by atoms with Crippen LogP contribution < -0.4 is 4.72 Å². The van der Waals surface area contributed by atoms with E-state index >= 15 is 0 Å². The highest BCUT2D eigenvalue weighted by Gasteiger charge is 2.29. The van der Waals surface area contributed by atoms with Crippen molar-refractivity contribution in [2.24, 2.45) is 0 Å². The Kier molecular flexibility index (Phi) is 12.2. The van der Waals surface area contributed by atoms with Gasteiger partial charge in [0, 0.05) is 0 Å². The average molecular weight is 331 g/mol. The van der Waals surface area contributed by atoms with Crippen molar-refractivity contribution in [3.05, 3.63) is 12.7 Å². The van der Waals surface area contributed by atoms with E-state index in [9.17, 15) is 13.2 Å². The molecule has 126 valence electrons. The zero-order valence-electron chi connectivity index (χ0n) is 11.1. The molecule has 10 nitrogen and oxygen atoms in total. The van der Waals surface area contributed by atoms with E-state index in [1.807, 2.05) is 0 Å². The van der Waals surface area contributed by atoms with Crippen LogP contribution >= 0.6 is 0 Å². The molecule has 4 atom stereocenters.